The number of methoxy groups -OCH3 is 1. The number of halogens is 2. The van der Waals surface area contributed by atoms with Crippen LogP contribution in [0.3, 0.4) is 0 Å². The molecule has 0 aliphatic carbocycles. The van der Waals surface area contributed by atoms with E-state index in [1.54, 1.807) is 67.9 Å². The van der Waals surface area contributed by atoms with Crippen LogP contribution in [0.2, 0.25) is 10.0 Å². The Morgan fingerprint density at radius 2 is 1.59 bits per heavy atom. The van der Waals surface area contributed by atoms with Crippen molar-refractivity contribution in [3.8, 4) is 28.9 Å². The summed E-state index contributed by atoms with van der Waals surface area (Å²) in [6.45, 7) is 1.41. The number of nitrogens with zero attached hydrogens (tertiary/aromatic N) is 3. The zero-order chi connectivity index (χ0) is 38.1. The van der Waals surface area contributed by atoms with Crippen LogP contribution >= 0.6 is 47.6 Å². The second-order valence-electron chi connectivity index (χ2n) is 13.0. The van der Waals surface area contributed by atoms with Crippen LogP contribution < -0.4 is 25.9 Å². The zero-order valence-electron chi connectivity index (χ0n) is 28.8. The topological polar surface area (TPSA) is 145 Å². The Morgan fingerprint density at radius 3 is 2.24 bits per heavy atom. The van der Waals surface area contributed by atoms with Crippen LogP contribution in [0.4, 0.5) is 0 Å². The molecule has 4 heterocycles. The Morgan fingerprint density at radius 1 is 0.926 bits per heavy atom. The molecule has 3 unspecified atom stereocenters. The molecule has 54 heavy (non-hydrogen) atoms. The third-order valence-electron chi connectivity index (χ3n) is 9.81. The van der Waals surface area contributed by atoms with Crippen LogP contribution in [0.15, 0.2) is 101 Å². The minimum atomic E-state index is -1.43. The average molecular weight is 802 g/mol. The molecule has 0 radical (unpaired) electrons. The van der Waals surface area contributed by atoms with Gasteiger partial charge in [0.15, 0.2) is 9.54 Å². The zero-order valence-corrected chi connectivity index (χ0v) is 32.0. The third kappa shape index (κ3) is 7.25. The summed E-state index contributed by atoms with van der Waals surface area (Å²) < 4.78 is 7.92. The van der Waals surface area contributed by atoms with E-state index in [-0.39, 0.29) is 26.7 Å². The molecule has 11 nitrogen and oxygen atoms in total. The fraction of sp³-hybridized carbons (Fsp3) is 0.205. The summed E-state index contributed by atoms with van der Waals surface area (Å²) in [5.41, 5.74) is 0.619. The molecule has 7 rings (SSSR count). The lowest BCUT2D eigenvalue weighted by Crippen LogP contribution is -3.11. The van der Waals surface area contributed by atoms with Gasteiger partial charge in [-0.15, -0.1) is 0 Å². The van der Waals surface area contributed by atoms with Gasteiger partial charge < -0.3 is 24.4 Å². The molecule has 1 aliphatic rings. The number of hydrogen-bond acceptors (Lipinski definition) is 8. The number of nitrogens with one attached hydrogen (secondary N) is 3. The first-order chi connectivity index (χ1) is 26.0. The molecule has 0 saturated carbocycles. The highest BCUT2D eigenvalue weighted by Crippen LogP contribution is 2.39. The van der Waals surface area contributed by atoms with Crippen LogP contribution in [0, 0.1) is 9.54 Å². The number of piperidine rings is 1. The highest BCUT2D eigenvalue weighted by molar-refractivity contribution is 7.71. The molecular formula is C39H34Cl2N6O5S2. The number of aromatic nitrogens is 5. The van der Waals surface area contributed by atoms with Gasteiger partial charge in [-0.2, -0.15) is 0 Å². The van der Waals surface area contributed by atoms with Gasteiger partial charge in [0.05, 0.1) is 30.8 Å². The van der Waals surface area contributed by atoms with Crippen LogP contribution in [-0.2, 0) is 6.54 Å². The van der Waals surface area contributed by atoms with Crippen molar-refractivity contribution >= 4 is 47.6 Å². The molecule has 3 aromatic heterocycles. The van der Waals surface area contributed by atoms with Gasteiger partial charge in [-0.3, -0.25) is 29.1 Å². The van der Waals surface area contributed by atoms with Crippen LogP contribution in [-0.4, -0.2) is 42.8 Å². The summed E-state index contributed by atoms with van der Waals surface area (Å²) in [6, 6.07) is 22.4. The maximum Gasteiger partial charge on any atom is 0.259 e. The summed E-state index contributed by atoms with van der Waals surface area (Å²) in [7, 11) is 1.57. The molecule has 6 aromatic rings. The Hall–Kier alpha value is -5.05. The Bertz CT molecular complexity index is 2490. The van der Waals surface area contributed by atoms with E-state index < -0.39 is 28.8 Å². The summed E-state index contributed by atoms with van der Waals surface area (Å²) in [6.07, 6.45) is 6.73. The number of pyridine rings is 1. The van der Waals surface area contributed by atoms with Crippen molar-refractivity contribution in [3.63, 3.8) is 0 Å². The first-order valence-electron chi connectivity index (χ1n) is 17.1. The van der Waals surface area contributed by atoms with Crippen molar-refractivity contribution in [2.75, 3.05) is 13.7 Å². The molecule has 3 aromatic carbocycles. The number of H-pyrrole nitrogens is 2. The summed E-state index contributed by atoms with van der Waals surface area (Å²) >= 11 is 23.6. The Labute approximate surface area is 329 Å². The maximum atomic E-state index is 14.7. The van der Waals surface area contributed by atoms with Crippen LogP contribution in [0.5, 0.6) is 17.5 Å². The number of quaternary nitrogens is 1. The van der Waals surface area contributed by atoms with E-state index in [1.165, 1.54) is 15.5 Å². The summed E-state index contributed by atoms with van der Waals surface area (Å²) in [5.74, 6) is -2.23. The largest absolute Gasteiger partial charge is 0.859 e. The standard InChI is InChI=1S/C39H34Cl2N6O5S2/c1-52-30-14-13-22(17-24(30)21-45-16-3-2-12-29(45)23-7-6-15-42-20-23)31(32-34(48)43-38(53)46(36(32)50)27-10-4-8-25(40)18-27)33-35(49)44-39(54)47(37(33)51)28-11-5-9-26(41)19-28/h4-11,13-15,17-20,29,31,50-51H,2-3,12,16,21H2,1H3,(H,43,48,53)(H,44,49,54). The second-order valence-corrected chi connectivity index (χ2v) is 14.7. The fourth-order valence-corrected chi connectivity index (χ4v) is 8.34. The highest BCUT2D eigenvalue weighted by Gasteiger charge is 2.33. The van der Waals surface area contributed by atoms with E-state index in [1.807, 2.05) is 18.3 Å². The van der Waals surface area contributed by atoms with Gasteiger partial charge in [-0.1, -0.05) is 47.5 Å². The quantitative estimate of drug-likeness (QED) is 0.129. The third-order valence-corrected chi connectivity index (χ3v) is 10.8. The minimum Gasteiger partial charge on any atom is -0.859 e. The van der Waals surface area contributed by atoms with Gasteiger partial charge in [0.2, 0.25) is 5.88 Å². The number of aromatic hydroxyl groups is 1. The maximum absolute atomic E-state index is 14.7. The minimum absolute atomic E-state index is 0.126. The van der Waals surface area contributed by atoms with Crippen molar-refractivity contribution in [1.29, 1.82) is 0 Å². The molecule has 15 heteroatoms. The first kappa shape index (κ1) is 37.3. The lowest BCUT2D eigenvalue weighted by atomic mass is 9.85. The van der Waals surface area contributed by atoms with E-state index in [2.05, 4.69) is 21.0 Å². The van der Waals surface area contributed by atoms with Gasteiger partial charge in [0.1, 0.15) is 18.3 Å². The number of ether oxygens (including phenoxy) is 1. The van der Waals surface area contributed by atoms with Crippen molar-refractivity contribution in [1.82, 2.24) is 24.1 Å². The molecule has 1 fully saturated rings. The SMILES string of the molecule is COc1ccc(C(c2c([O-])n(-c3cccc(Cl)c3)c(=S)[nH]c2=O)c2c(O)n(-c3cccc(Cl)c3)c(=S)[nH]c2=O)cc1C[NH+]1CCCCC1c1cccnc1. The van der Waals surface area contributed by atoms with Gasteiger partial charge in [-0.25, -0.2) is 0 Å². The van der Waals surface area contributed by atoms with Gasteiger partial charge in [-0.05, 0) is 103 Å². The molecule has 0 spiro atoms. The van der Waals surface area contributed by atoms with Crippen molar-refractivity contribution in [2.24, 2.45) is 0 Å². The second kappa shape index (κ2) is 15.7. The first-order valence-corrected chi connectivity index (χ1v) is 18.7. The molecule has 3 atom stereocenters. The van der Waals surface area contributed by atoms with Gasteiger partial charge in [0, 0.05) is 51.2 Å². The number of hydrogen-bond donors (Lipinski definition) is 4. The highest BCUT2D eigenvalue weighted by atomic mass is 35.5. The van der Waals surface area contributed by atoms with Crippen LogP contribution in [0.1, 0.15) is 59.0 Å². The molecular weight excluding hydrogens is 768 g/mol. The predicted molar refractivity (Wildman–Crippen MR) is 210 cm³/mol. The number of aromatic amines is 2. The fourth-order valence-electron chi connectivity index (χ4n) is 7.40. The normalized spacial score (nSPS) is 16.2. The Kier molecular flexibility index (Phi) is 10.9. The number of benzene rings is 3. The smallest absolute Gasteiger partial charge is 0.259 e. The van der Waals surface area contributed by atoms with Gasteiger partial charge in [0.25, 0.3) is 11.1 Å². The van der Waals surface area contributed by atoms with E-state index in [9.17, 15) is 19.8 Å². The molecule has 4 N–H and O–H groups in total. The van der Waals surface area contributed by atoms with E-state index in [4.69, 9.17) is 52.4 Å². The van der Waals surface area contributed by atoms with Crippen molar-refractivity contribution < 1.29 is 19.8 Å². The average Bonchev–Trinajstić information content (AvgIpc) is 3.14. The van der Waals surface area contributed by atoms with E-state index in [0.29, 0.717) is 39.3 Å². The molecule has 1 saturated heterocycles. The van der Waals surface area contributed by atoms with Crippen molar-refractivity contribution in [3.05, 3.63) is 159 Å². The van der Waals surface area contributed by atoms with Gasteiger partial charge >= 0.3 is 0 Å². The van der Waals surface area contributed by atoms with E-state index in [0.717, 1.165) is 41.5 Å². The monoisotopic (exact) mass is 800 g/mol. The molecule has 0 amide bonds. The summed E-state index contributed by atoms with van der Waals surface area (Å²) in [4.78, 5) is 39.1. The van der Waals surface area contributed by atoms with E-state index >= 15 is 0 Å². The van der Waals surface area contributed by atoms with Crippen molar-refractivity contribution in [2.45, 2.75) is 37.8 Å². The van der Waals surface area contributed by atoms with Crippen LogP contribution in [0.25, 0.3) is 11.4 Å². The lowest BCUT2D eigenvalue weighted by Gasteiger charge is -2.33. The molecule has 0 bridgehead atoms. The molecule has 1 aliphatic heterocycles. The number of rotatable bonds is 9. The summed E-state index contributed by atoms with van der Waals surface area (Å²) in [5, 5.41) is 27.4. The Balaban J connectivity index is 1.48. The predicted octanol–water partition coefficient (Wildman–Crippen LogP) is 6.08. The number of likely N-dealkylation sites (tertiary alicyclic amines) is 1. The molecule has 276 valence electrons. The lowest BCUT2D eigenvalue weighted by molar-refractivity contribution is -0.950.